The lowest BCUT2D eigenvalue weighted by atomic mass is 9.76. The number of rotatable bonds is 2. The molecular weight excluding hydrogens is 282 g/mol. The molecule has 1 atom stereocenters. The number of para-hydroxylation sites is 1. The summed E-state index contributed by atoms with van der Waals surface area (Å²) in [5.74, 6) is 0. The van der Waals surface area contributed by atoms with Gasteiger partial charge in [0.1, 0.15) is 6.29 Å². The molecule has 2 heteroatoms. The zero-order valence-corrected chi connectivity index (χ0v) is 12.5. The second-order valence-corrected chi connectivity index (χ2v) is 6.33. The Balaban J connectivity index is 1.89. The van der Waals surface area contributed by atoms with Crippen LogP contribution in [0.1, 0.15) is 16.7 Å². The molecule has 1 aliphatic carbocycles. The van der Waals surface area contributed by atoms with Crippen LogP contribution in [0, 0.1) is 0 Å². The molecule has 110 valence electrons. The molecule has 1 heterocycles. The Morgan fingerprint density at radius 3 is 2.61 bits per heavy atom. The molecule has 0 saturated carbocycles. The summed E-state index contributed by atoms with van der Waals surface area (Å²) in [6, 6.07) is 20.8. The van der Waals surface area contributed by atoms with Gasteiger partial charge in [-0.05, 0) is 39.9 Å². The zero-order valence-electron chi connectivity index (χ0n) is 12.5. The van der Waals surface area contributed by atoms with Crippen molar-refractivity contribution in [2.75, 3.05) is 0 Å². The van der Waals surface area contributed by atoms with Gasteiger partial charge in [-0.1, -0.05) is 54.6 Å². The number of hydrogen-bond donors (Lipinski definition) is 1. The number of H-pyrrole nitrogens is 1. The number of benzene rings is 3. The quantitative estimate of drug-likeness (QED) is 0.548. The third-order valence-corrected chi connectivity index (χ3v) is 5.21. The van der Waals surface area contributed by atoms with Crippen molar-refractivity contribution >= 4 is 28.0 Å². The molecule has 0 bridgehead atoms. The molecule has 3 aromatic carbocycles. The normalized spacial score (nSPS) is 19.5. The van der Waals surface area contributed by atoms with Gasteiger partial charge in [0.25, 0.3) is 0 Å². The van der Waals surface area contributed by atoms with E-state index in [1.807, 2.05) is 18.3 Å². The lowest BCUT2D eigenvalue weighted by Gasteiger charge is -2.24. The molecule has 0 saturated heterocycles. The SMILES string of the molecule is O=CC1(c2c[nH]c3ccccc23)Cc2cccc3cccc1c23. The predicted octanol–water partition coefficient (Wildman–Crippen LogP) is 4.36. The number of fused-ring (bicyclic) bond motifs is 1. The topological polar surface area (TPSA) is 32.9 Å². The van der Waals surface area contributed by atoms with Gasteiger partial charge < -0.3 is 9.78 Å². The van der Waals surface area contributed by atoms with Crippen molar-refractivity contribution in [3.63, 3.8) is 0 Å². The highest BCUT2D eigenvalue weighted by Crippen LogP contribution is 2.47. The summed E-state index contributed by atoms with van der Waals surface area (Å²) in [5.41, 5.74) is 3.95. The van der Waals surface area contributed by atoms with E-state index in [1.54, 1.807) is 0 Å². The number of aldehydes is 1. The second-order valence-electron chi connectivity index (χ2n) is 6.33. The minimum absolute atomic E-state index is 0.594. The van der Waals surface area contributed by atoms with E-state index in [4.69, 9.17) is 0 Å². The molecule has 0 aliphatic heterocycles. The zero-order chi connectivity index (χ0) is 15.4. The highest BCUT2D eigenvalue weighted by Gasteiger charge is 2.42. The van der Waals surface area contributed by atoms with Gasteiger partial charge in [-0.15, -0.1) is 0 Å². The molecule has 1 N–H and O–H groups in total. The molecule has 0 radical (unpaired) electrons. The molecule has 4 aromatic rings. The van der Waals surface area contributed by atoms with E-state index in [2.05, 4.69) is 53.5 Å². The van der Waals surface area contributed by atoms with E-state index < -0.39 is 5.41 Å². The van der Waals surface area contributed by atoms with E-state index in [0.29, 0.717) is 0 Å². The predicted molar refractivity (Wildman–Crippen MR) is 92.8 cm³/mol. The third-order valence-electron chi connectivity index (χ3n) is 5.21. The molecule has 1 aliphatic rings. The summed E-state index contributed by atoms with van der Waals surface area (Å²) in [4.78, 5) is 15.7. The van der Waals surface area contributed by atoms with Crippen LogP contribution in [-0.4, -0.2) is 11.3 Å². The Bertz CT molecular complexity index is 1070. The van der Waals surface area contributed by atoms with Crippen LogP contribution in [0.2, 0.25) is 0 Å². The van der Waals surface area contributed by atoms with Crippen LogP contribution < -0.4 is 0 Å². The maximum Gasteiger partial charge on any atom is 0.135 e. The van der Waals surface area contributed by atoms with E-state index in [-0.39, 0.29) is 0 Å². The maximum absolute atomic E-state index is 12.4. The van der Waals surface area contributed by atoms with Crippen LogP contribution in [-0.2, 0) is 16.6 Å². The number of aromatic amines is 1. The first-order valence-electron chi connectivity index (χ1n) is 7.87. The standard InChI is InChI=1S/C21H15NO/c23-13-21(18-12-22-19-10-2-1-8-16(18)19)11-15-7-3-5-14-6-4-9-17(21)20(14)15/h1-10,12-13,22H,11H2. The lowest BCUT2D eigenvalue weighted by molar-refractivity contribution is -0.111. The monoisotopic (exact) mass is 297 g/mol. The van der Waals surface area contributed by atoms with Crippen LogP contribution in [0.4, 0.5) is 0 Å². The first kappa shape index (κ1) is 12.7. The van der Waals surface area contributed by atoms with Gasteiger partial charge in [-0.3, -0.25) is 0 Å². The van der Waals surface area contributed by atoms with Crippen LogP contribution in [0.3, 0.4) is 0 Å². The van der Waals surface area contributed by atoms with Gasteiger partial charge in [0, 0.05) is 17.1 Å². The minimum atomic E-state index is -0.594. The lowest BCUT2D eigenvalue weighted by Crippen LogP contribution is -2.28. The van der Waals surface area contributed by atoms with Gasteiger partial charge in [-0.25, -0.2) is 0 Å². The van der Waals surface area contributed by atoms with Crippen molar-refractivity contribution in [2.45, 2.75) is 11.8 Å². The Morgan fingerprint density at radius 1 is 0.913 bits per heavy atom. The molecule has 5 rings (SSSR count). The van der Waals surface area contributed by atoms with Crippen molar-refractivity contribution in [1.82, 2.24) is 4.98 Å². The highest BCUT2D eigenvalue weighted by atomic mass is 16.1. The average molecular weight is 297 g/mol. The fraction of sp³-hybridized carbons (Fsp3) is 0.0952. The molecule has 2 nitrogen and oxygen atoms in total. The third kappa shape index (κ3) is 1.50. The summed E-state index contributed by atoms with van der Waals surface area (Å²) in [6.07, 6.45) is 3.87. The van der Waals surface area contributed by atoms with Crippen molar-refractivity contribution in [2.24, 2.45) is 0 Å². The average Bonchev–Trinajstić information content (AvgIpc) is 3.17. The van der Waals surface area contributed by atoms with E-state index in [9.17, 15) is 4.79 Å². The summed E-state index contributed by atoms with van der Waals surface area (Å²) in [7, 11) is 0. The van der Waals surface area contributed by atoms with Gasteiger partial charge in [0.2, 0.25) is 0 Å². The minimum Gasteiger partial charge on any atom is -0.361 e. The molecular formula is C21H15NO. The largest absolute Gasteiger partial charge is 0.361 e. The molecule has 23 heavy (non-hydrogen) atoms. The van der Waals surface area contributed by atoms with Crippen molar-refractivity contribution < 1.29 is 4.79 Å². The number of carbonyl (C=O) groups is 1. The van der Waals surface area contributed by atoms with Crippen molar-refractivity contribution in [3.05, 3.63) is 83.6 Å². The van der Waals surface area contributed by atoms with Gasteiger partial charge >= 0.3 is 0 Å². The molecule has 0 amide bonds. The fourth-order valence-electron chi connectivity index (χ4n) is 4.18. The van der Waals surface area contributed by atoms with Gasteiger partial charge in [0.05, 0.1) is 5.41 Å². The first-order chi connectivity index (χ1) is 11.3. The Labute approximate surface area is 133 Å². The summed E-state index contributed by atoms with van der Waals surface area (Å²) < 4.78 is 0. The Kier molecular flexibility index (Phi) is 2.38. The summed E-state index contributed by atoms with van der Waals surface area (Å²) in [5, 5.41) is 3.58. The summed E-state index contributed by atoms with van der Waals surface area (Å²) in [6.45, 7) is 0. The van der Waals surface area contributed by atoms with E-state index >= 15 is 0 Å². The maximum atomic E-state index is 12.4. The number of aromatic nitrogens is 1. The molecule has 0 spiro atoms. The van der Waals surface area contributed by atoms with Crippen LogP contribution in [0.25, 0.3) is 21.7 Å². The molecule has 1 unspecified atom stereocenters. The second kappa shape index (κ2) is 4.32. The van der Waals surface area contributed by atoms with E-state index in [1.165, 1.54) is 16.3 Å². The van der Waals surface area contributed by atoms with Crippen LogP contribution in [0.15, 0.2) is 66.9 Å². The van der Waals surface area contributed by atoms with Gasteiger partial charge in [-0.2, -0.15) is 0 Å². The number of hydrogen-bond acceptors (Lipinski definition) is 1. The number of carbonyl (C=O) groups excluding carboxylic acids is 1. The van der Waals surface area contributed by atoms with Crippen LogP contribution in [0.5, 0.6) is 0 Å². The van der Waals surface area contributed by atoms with Gasteiger partial charge in [0.15, 0.2) is 0 Å². The Hall–Kier alpha value is -2.87. The summed E-state index contributed by atoms with van der Waals surface area (Å²) >= 11 is 0. The smallest absolute Gasteiger partial charge is 0.135 e. The van der Waals surface area contributed by atoms with Crippen molar-refractivity contribution in [3.8, 4) is 0 Å². The van der Waals surface area contributed by atoms with Crippen LogP contribution >= 0.6 is 0 Å². The Morgan fingerprint density at radius 2 is 1.74 bits per heavy atom. The molecule has 0 fully saturated rings. The fourth-order valence-corrected chi connectivity index (χ4v) is 4.18. The number of nitrogens with one attached hydrogen (secondary N) is 1. The molecule has 1 aromatic heterocycles. The van der Waals surface area contributed by atoms with Crippen molar-refractivity contribution in [1.29, 1.82) is 0 Å². The van der Waals surface area contributed by atoms with E-state index in [0.717, 1.165) is 34.7 Å². The first-order valence-corrected chi connectivity index (χ1v) is 7.87. The highest BCUT2D eigenvalue weighted by molar-refractivity contribution is 6.01.